The fourth-order valence-electron chi connectivity index (χ4n) is 3.59. The minimum Gasteiger partial charge on any atom is -0.497 e. The zero-order valence-corrected chi connectivity index (χ0v) is 13.1. The van der Waals surface area contributed by atoms with Crippen LogP contribution in [-0.4, -0.2) is 13.0 Å². The fourth-order valence-corrected chi connectivity index (χ4v) is 3.59. The van der Waals surface area contributed by atoms with Crippen molar-refractivity contribution in [3.8, 4) is 11.8 Å². The molecule has 1 fully saturated rings. The molecule has 2 aromatic carbocycles. The minimum absolute atomic E-state index is 0.106. The first kappa shape index (κ1) is 14.7. The second-order valence-electron chi connectivity index (χ2n) is 6.26. The number of methoxy groups -OCH3 is 1. The third kappa shape index (κ3) is 1.93. The number of halogens is 1. The molecule has 4 nitrogen and oxygen atoms in total. The number of rotatable bonds is 3. The van der Waals surface area contributed by atoms with Crippen molar-refractivity contribution in [1.82, 2.24) is 0 Å². The first-order valence-electron chi connectivity index (χ1n) is 7.74. The molecule has 0 aromatic heterocycles. The van der Waals surface area contributed by atoms with E-state index in [0.717, 1.165) is 11.3 Å². The van der Waals surface area contributed by atoms with Crippen LogP contribution in [0.15, 0.2) is 42.5 Å². The van der Waals surface area contributed by atoms with Gasteiger partial charge in [0.15, 0.2) is 0 Å². The minimum atomic E-state index is -0.849. The quantitative estimate of drug-likeness (QED) is 0.872. The van der Waals surface area contributed by atoms with Crippen molar-refractivity contribution in [3.05, 3.63) is 59.4 Å². The molecule has 120 valence electrons. The number of hydrogen-bond donors (Lipinski definition) is 0. The lowest BCUT2D eigenvalue weighted by Gasteiger charge is -2.18. The zero-order valence-electron chi connectivity index (χ0n) is 13.1. The standard InChI is InChI=1S/C19H15FN2O2/c1-24-15-5-2-12(3-6-15)11-22-17-7-4-14(20)8-16(17)19(18(22)23)9-13(19)10-21/h2-8,13H,9,11H2,1H3. The van der Waals surface area contributed by atoms with Gasteiger partial charge in [-0.1, -0.05) is 12.1 Å². The normalized spacial score (nSPS) is 24.0. The van der Waals surface area contributed by atoms with E-state index in [-0.39, 0.29) is 17.6 Å². The van der Waals surface area contributed by atoms with E-state index in [1.807, 2.05) is 24.3 Å². The fraction of sp³-hybridized carbons (Fsp3) is 0.263. The van der Waals surface area contributed by atoms with Crippen molar-refractivity contribution in [2.24, 2.45) is 5.92 Å². The maximum Gasteiger partial charge on any atom is 0.239 e. The van der Waals surface area contributed by atoms with Gasteiger partial charge in [0, 0.05) is 5.69 Å². The van der Waals surface area contributed by atoms with Gasteiger partial charge in [0.2, 0.25) is 5.91 Å². The van der Waals surface area contributed by atoms with Crippen molar-refractivity contribution in [3.63, 3.8) is 0 Å². The Morgan fingerprint density at radius 3 is 2.71 bits per heavy atom. The molecule has 2 atom stereocenters. The third-order valence-corrected chi connectivity index (χ3v) is 4.97. The van der Waals surface area contributed by atoms with Gasteiger partial charge < -0.3 is 9.64 Å². The second kappa shape index (κ2) is 5.07. The number of carbonyl (C=O) groups is 1. The molecule has 1 amide bonds. The van der Waals surface area contributed by atoms with Crippen LogP contribution in [0.2, 0.25) is 0 Å². The average molecular weight is 322 g/mol. The number of benzene rings is 2. The summed E-state index contributed by atoms with van der Waals surface area (Å²) in [7, 11) is 1.60. The molecule has 1 saturated carbocycles. The Bertz CT molecular complexity index is 872. The smallest absolute Gasteiger partial charge is 0.239 e. The lowest BCUT2D eigenvalue weighted by Crippen LogP contribution is -2.32. The van der Waals surface area contributed by atoms with Gasteiger partial charge in [0.05, 0.1) is 31.1 Å². The van der Waals surface area contributed by atoms with Gasteiger partial charge in [-0.05, 0) is 47.9 Å². The van der Waals surface area contributed by atoms with Crippen LogP contribution in [0.4, 0.5) is 10.1 Å². The summed E-state index contributed by atoms with van der Waals surface area (Å²) in [6.45, 7) is 0.390. The number of amides is 1. The molecule has 0 saturated heterocycles. The Balaban J connectivity index is 1.72. The van der Waals surface area contributed by atoms with Gasteiger partial charge in [0.1, 0.15) is 11.6 Å². The van der Waals surface area contributed by atoms with Crippen molar-refractivity contribution >= 4 is 11.6 Å². The van der Waals surface area contributed by atoms with E-state index in [0.29, 0.717) is 24.2 Å². The summed E-state index contributed by atoms with van der Waals surface area (Å²) in [5, 5.41) is 9.25. The monoisotopic (exact) mass is 322 g/mol. The predicted molar refractivity (Wildman–Crippen MR) is 86.0 cm³/mol. The van der Waals surface area contributed by atoms with Crippen LogP contribution < -0.4 is 9.64 Å². The van der Waals surface area contributed by atoms with Crippen LogP contribution in [0, 0.1) is 23.1 Å². The summed E-state index contributed by atoms with van der Waals surface area (Å²) in [5.41, 5.74) is 1.45. The molecule has 0 N–H and O–H groups in total. The van der Waals surface area contributed by atoms with Crippen LogP contribution in [-0.2, 0) is 16.8 Å². The highest BCUT2D eigenvalue weighted by Gasteiger charge is 2.67. The summed E-state index contributed by atoms with van der Waals surface area (Å²) in [4.78, 5) is 14.6. The summed E-state index contributed by atoms with van der Waals surface area (Å²) in [6, 6.07) is 14.0. The molecule has 1 heterocycles. The molecule has 1 aliphatic carbocycles. The molecule has 24 heavy (non-hydrogen) atoms. The van der Waals surface area contributed by atoms with E-state index in [1.165, 1.54) is 12.1 Å². The molecule has 4 rings (SSSR count). The maximum atomic E-state index is 13.7. The van der Waals surface area contributed by atoms with Crippen molar-refractivity contribution in [2.75, 3.05) is 12.0 Å². The molecular formula is C19H15FN2O2. The first-order valence-corrected chi connectivity index (χ1v) is 7.74. The molecule has 2 aromatic rings. The van der Waals surface area contributed by atoms with Gasteiger partial charge in [-0.15, -0.1) is 0 Å². The van der Waals surface area contributed by atoms with E-state index in [9.17, 15) is 14.4 Å². The van der Waals surface area contributed by atoms with E-state index in [2.05, 4.69) is 6.07 Å². The number of fused-ring (bicyclic) bond motifs is 2. The first-order chi connectivity index (χ1) is 11.6. The molecule has 1 aliphatic heterocycles. The largest absolute Gasteiger partial charge is 0.497 e. The van der Waals surface area contributed by atoms with Crippen LogP contribution in [0.1, 0.15) is 17.5 Å². The molecule has 2 aliphatic rings. The molecule has 1 spiro atoms. The lowest BCUT2D eigenvalue weighted by molar-refractivity contribution is -0.120. The van der Waals surface area contributed by atoms with Gasteiger partial charge in [-0.2, -0.15) is 5.26 Å². The highest BCUT2D eigenvalue weighted by atomic mass is 19.1. The number of hydrogen-bond acceptors (Lipinski definition) is 3. The number of nitrogens with zero attached hydrogens (tertiary/aromatic N) is 2. The number of anilines is 1. The number of ether oxygens (including phenoxy) is 1. The average Bonchev–Trinajstić information content (AvgIpc) is 3.31. The summed E-state index contributed by atoms with van der Waals surface area (Å²) in [5.74, 6) is -0.107. The van der Waals surface area contributed by atoms with E-state index >= 15 is 0 Å². The Kier molecular flexibility index (Phi) is 3.10. The van der Waals surface area contributed by atoms with Gasteiger partial charge in [-0.25, -0.2) is 4.39 Å². The lowest BCUT2D eigenvalue weighted by atomic mass is 9.95. The Hall–Kier alpha value is -2.87. The summed E-state index contributed by atoms with van der Waals surface area (Å²) >= 11 is 0. The molecule has 0 radical (unpaired) electrons. The van der Waals surface area contributed by atoms with Gasteiger partial charge >= 0.3 is 0 Å². The predicted octanol–water partition coefficient (Wildman–Crippen LogP) is 3.16. The van der Waals surface area contributed by atoms with Gasteiger partial charge in [0.25, 0.3) is 0 Å². The SMILES string of the molecule is COc1ccc(CN2C(=O)C3(CC3C#N)c3cc(F)ccc32)cc1. The summed E-state index contributed by atoms with van der Waals surface area (Å²) < 4.78 is 18.8. The van der Waals surface area contributed by atoms with Crippen LogP contribution in [0.5, 0.6) is 5.75 Å². The van der Waals surface area contributed by atoms with Crippen LogP contribution in [0.25, 0.3) is 0 Å². The molecule has 0 bridgehead atoms. The van der Waals surface area contributed by atoms with Crippen LogP contribution in [0.3, 0.4) is 0 Å². The van der Waals surface area contributed by atoms with E-state index in [4.69, 9.17) is 4.74 Å². The second-order valence-corrected chi connectivity index (χ2v) is 6.26. The third-order valence-electron chi connectivity index (χ3n) is 4.97. The molecule has 2 unspecified atom stereocenters. The van der Waals surface area contributed by atoms with Crippen molar-refractivity contribution < 1.29 is 13.9 Å². The van der Waals surface area contributed by atoms with E-state index < -0.39 is 5.41 Å². The molecule has 5 heteroatoms. The highest BCUT2D eigenvalue weighted by Crippen LogP contribution is 2.61. The Morgan fingerprint density at radius 2 is 2.08 bits per heavy atom. The number of carbonyl (C=O) groups excluding carboxylic acids is 1. The number of nitriles is 1. The summed E-state index contributed by atoms with van der Waals surface area (Å²) in [6.07, 6.45) is 0.470. The van der Waals surface area contributed by atoms with Gasteiger partial charge in [-0.3, -0.25) is 4.79 Å². The van der Waals surface area contributed by atoms with Crippen molar-refractivity contribution in [1.29, 1.82) is 5.26 Å². The van der Waals surface area contributed by atoms with Crippen molar-refractivity contribution in [2.45, 2.75) is 18.4 Å². The zero-order chi connectivity index (χ0) is 16.9. The highest BCUT2D eigenvalue weighted by molar-refractivity contribution is 6.10. The maximum absolute atomic E-state index is 13.7. The Labute approximate surface area is 139 Å². The Morgan fingerprint density at radius 1 is 1.33 bits per heavy atom. The topological polar surface area (TPSA) is 53.3 Å². The van der Waals surface area contributed by atoms with E-state index in [1.54, 1.807) is 18.1 Å². The van der Waals surface area contributed by atoms with Crippen LogP contribution >= 0.6 is 0 Å². The molecular weight excluding hydrogens is 307 g/mol.